The molecule has 1 aliphatic carbocycles. The van der Waals surface area contributed by atoms with Crippen molar-refractivity contribution in [3.05, 3.63) is 46.6 Å². The van der Waals surface area contributed by atoms with Crippen LogP contribution in [-0.4, -0.2) is 43.8 Å². The van der Waals surface area contributed by atoms with Crippen LogP contribution in [0.4, 0.5) is 11.4 Å². The first-order valence-electron chi connectivity index (χ1n) is 7.26. The second-order valence-electron chi connectivity index (χ2n) is 5.42. The summed E-state index contributed by atoms with van der Waals surface area (Å²) in [6.07, 6.45) is 3.21. The Labute approximate surface area is 141 Å². The monoisotopic (exact) mass is 333 g/mol. The first kappa shape index (κ1) is 17.2. The van der Waals surface area contributed by atoms with Gasteiger partial charge in [0.2, 0.25) is 5.78 Å². The fraction of sp³-hybridized carbons (Fsp3) is 0.294. The quantitative estimate of drug-likeness (QED) is 0.813. The van der Waals surface area contributed by atoms with E-state index in [-0.39, 0.29) is 18.9 Å². The highest BCUT2D eigenvalue weighted by molar-refractivity contribution is 6.49. The number of aliphatic imine (C=N–C) groups is 1. The first-order chi connectivity index (χ1) is 10.9. The Morgan fingerprint density at radius 1 is 1.30 bits per heavy atom. The van der Waals surface area contributed by atoms with Crippen LogP contribution in [0.15, 0.2) is 46.6 Å². The van der Waals surface area contributed by atoms with E-state index in [0.717, 1.165) is 22.6 Å². The zero-order valence-corrected chi connectivity index (χ0v) is 14.2. The molecule has 0 aliphatic heterocycles. The molecule has 0 fully saturated rings. The van der Waals surface area contributed by atoms with Gasteiger partial charge in [0, 0.05) is 25.5 Å². The molecule has 122 valence electrons. The number of carbonyl (C=O) groups is 1. The van der Waals surface area contributed by atoms with Crippen molar-refractivity contribution in [2.45, 2.75) is 6.92 Å². The number of hydrogen-bond donors (Lipinski definition) is 2. The standard InChI is InChI=1S/C17H20ClN3O2/c1-11-8-17(23)16(19-6-7-22)10-15(11)20-14-5-4-12(21(2)3)9-13(14)18/h4-5,8-10,20,22H,6-7H2,1-3H3. The van der Waals surface area contributed by atoms with Crippen LogP contribution in [0.1, 0.15) is 6.92 Å². The molecule has 0 radical (unpaired) electrons. The second kappa shape index (κ2) is 7.44. The lowest BCUT2D eigenvalue weighted by atomic mass is 10.0. The van der Waals surface area contributed by atoms with Gasteiger partial charge in [0.1, 0.15) is 5.71 Å². The maximum absolute atomic E-state index is 11.9. The van der Waals surface area contributed by atoms with Crippen molar-refractivity contribution in [3.63, 3.8) is 0 Å². The number of carbonyl (C=O) groups excluding carboxylic acids is 1. The average Bonchev–Trinajstić information content (AvgIpc) is 2.50. The van der Waals surface area contributed by atoms with Crippen LogP contribution >= 0.6 is 11.6 Å². The van der Waals surface area contributed by atoms with Crippen LogP contribution in [-0.2, 0) is 4.79 Å². The molecule has 6 heteroatoms. The Morgan fingerprint density at radius 2 is 2.04 bits per heavy atom. The van der Waals surface area contributed by atoms with Gasteiger partial charge in [0.05, 0.1) is 23.9 Å². The molecule has 1 aromatic carbocycles. The predicted octanol–water partition coefficient (Wildman–Crippen LogP) is 2.66. The van der Waals surface area contributed by atoms with Gasteiger partial charge in [-0.1, -0.05) is 11.6 Å². The van der Waals surface area contributed by atoms with Crippen molar-refractivity contribution >= 4 is 34.5 Å². The lowest BCUT2D eigenvalue weighted by molar-refractivity contribution is -0.108. The van der Waals surface area contributed by atoms with Gasteiger partial charge in [-0.05, 0) is 42.8 Å². The van der Waals surface area contributed by atoms with E-state index in [0.29, 0.717) is 10.7 Å². The molecule has 0 unspecified atom stereocenters. The maximum Gasteiger partial charge on any atom is 0.204 e. The zero-order valence-electron chi connectivity index (χ0n) is 13.4. The fourth-order valence-corrected chi connectivity index (χ4v) is 2.35. The zero-order chi connectivity index (χ0) is 17.0. The molecule has 0 atom stereocenters. The summed E-state index contributed by atoms with van der Waals surface area (Å²) in [4.78, 5) is 18.0. The number of halogens is 1. The van der Waals surface area contributed by atoms with Crippen molar-refractivity contribution in [3.8, 4) is 0 Å². The fourth-order valence-electron chi connectivity index (χ4n) is 2.13. The summed E-state index contributed by atoms with van der Waals surface area (Å²) in [7, 11) is 3.90. The number of anilines is 2. The molecular formula is C17H20ClN3O2. The smallest absolute Gasteiger partial charge is 0.204 e. The van der Waals surface area contributed by atoms with Gasteiger partial charge in [-0.25, -0.2) is 0 Å². The highest BCUT2D eigenvalue weighted by atomic mass is 35.5. The highest BCUT2D eigenvalue weighted by Crippen LogP contribution is 2.29. The summed E-state index contributed by atoms with van der Waals surface area (Å²) in [6.45, 7) is 1.96. The molecule has 0 amide bonds. The molecule has 23 heavy (non-hydrogen) atoms. The van der Waals surface area contributed by atoms with Gasteiger partial charge in [0.25, 0.3) is 0 Å². The molecule has 0 bridgehead atoms. The number of nitrogens with one attached hydrogen (secondary N) is 1. The lowest BCUT2D eigenvalue weighted by Crippen LogP contribution is -2.19. The summed E-state index contributed by atoms with van der Waals surface area (Å²) >= 11 is 6.32. The Kier molecular flexibility index (Phi) is 5.58. The average molecular weight is 334 g/mol. The summed E-state index contributed by atoms with van der Waals surface area (Å²) in [6, 6.07) is 5.73. The van der Waals surface area contributed by atoms with Crippen LogP contribution < -0.4 is 10.2 Å². The Bertz CT molecular complexity index is 706. The van der Waals surface area contributed by atoms with E-state index < -0.39 is 0 Å². The number of aliphatic hydroxyl groups excluding tert-OH is 1. The third kappa shape index (κ3) is 4.21. The van der Waals surface area contributed by atoms with Gasteiger partial charge in [0.15, 0.2) is 0 Å². The summed E-state index contributed by atoms with van der Waals surface area (Å²) < 4.78 is 0. The number of hydrogen-bond acceptors (Lipinski definition) is 5. The number of nitrogens with zero attached hydrogens (tertiary/aromatic N) is 2. The summed E-state index contributed by atoms with van der Waals surface area (Å²) in [5, 5.41) is 12.7. The second-order valence-corrected chi connectivity index (χ2v) is 5.83. The van der Waals surface area contributed by atoms with E-state index >= 15 is 0 Å². The first-order valence-corrected chi connectivity index (χ1v) is 7.64. The highest BCUT2D eigenvalue weighted by Gasteiger charge is 2.17. The van der Waals surface area contributed by atoms with Gasteiger partial charge < -0.3 is 15.3 Å². The summed E-state index contributed by atoms with van der Waals surface area (Å²) in [5.74, 6) is -0.157. The third-order valence-corrected chi connectivity index (χ3v) is 3.74. The van der Waals surface area contributed by atoms with Crippen molar-refractivity contribution in [2.24, 2.45) is 4.99 Å². The summed E-state index contributed by atoms with van der Waals surface area (Å²) in [5.41, 5.74) is 3.66. The van der Waals surface area contributed by atoms with Crippen molar-refractivity contribution < 1.29 is 9.90 Å². The number of allylic oxidation sites excluding steroid dienone is 3. The Balaban J connectivity index is 2.27. The van der Waals surface area contributed by atoms with E-state index in [2.05, 4.69) is 10.3 Å². The number of aliphatic hydroxyl groups is 1. The molecule has 1 aliphatic rings. The minimum absolute atomic E-state index is 0.0894. The largest absolute Gasteiger partial charge is 0.394 e. The van der Waals surface area contributed by atoms with E-state index in [1.54, 1.807) is 6.08 Å². The van der Waals surface area contributed by atoms with Crippen LogP contribution in [0, 0.1) is 0 Å². The van der Waals surface area contributed by atoms with Crippen LogP contribution in [0.5, 0.6) is 0 Å². The van der Waals surface area contributed by atoms with E-state index in [9.17, 15) is 4.79 Å². The molecule has 1 aromatic rings. The molecule has 2 N–H and O–H groups in total. The molecule has 0 heterocycles. The molecular weight excluding hydrogens is 314 g/mol. The van der Waals surface area contributed by atoms with E-state index in [4.69, 9.17) is 16.7 Å². The molecule has 2 rings (SSSR count). The third-order valence-electron chi connectivity index (χ3n) is 3.43. The van der Waals surface area contributed by atoms with Crippen molar-refractivity contribution in [1.29, 1.82) is 0 Å². The maximum atomic E-state index is 11.9. The lowest BCUT2D eigenvalue weighted by Gasteiger charge is -2.18. The molecule has 0 aromatic heterocycles. The number of ketones is 1. The number of rotatable bonds is 5. The van der Waals surface area contributed by atoms with Crippen LogP contribution in [0.3, 0.4) is 0 Å². The molecule has 0 saturated carbocycles. The van der Waals surface area contributed by atoms with Gasteiger partial charge in [-0.15, -0.1) is 0 Å². The molecule has 5 nitrogen and oxygen atoms in total. The van der Waals surface area contributed by atoms with E-state index in [1.807, 2.05) is 44.1 Å². The van der Waals surface area contributed by atoms with Gasteiger partial charge in [-0.3, -0.25) is 9.79 Å². The van der Waals surface area contributed by atoms with Gasteiger partial charge >= 0.3 is 0 Å². The Hall–Kier alpha value is -2.11. The molecule has 0 saturated heterocycles. The predicted molar refractivity (Wildman–Crippen MR) is 95.6 cm³/mol. The van der Waals surface area contributed by atoms with Gasteiger partial charge in [-0.2, -0.15) is 0 Å². The normalized spacial score (nSPS) is 16.2. The van der Waals surface area contributed by atoms with Crippen LogP contribution in [0.2, 0.25) is 5.02 Å². The van der Waals surface area contributed by atoms with E-state index in [1.165, 1.54) is 6.08 Å². The topological polar surface area (TPSA) is 64.9 Å². The van der Waals surface area contributed by atoms with Crippen molar-refractivity contribution in [1.82, 2.24) is 0 Å². The SMILES string of the molecule is CC1=CC(=O)C(=NCCO)C=C1Nc1ccc(N(C)C)cc1Cl. The van der Waals surface area contributed by atoms with Crippen LogP contribution in [0.25, 0.3) is 0 Å². The minimum atomic E-state index is -0.157. The molecule has 0 spiro atoms. The van der Waals surface area contributed by atoms with Crippen molar-refractivity contribution in [2.75, 3.05) is 37.5 Å². The number of benzene rings is 1. The Morgan fingerprint density at radius 3 is 2.65 bits per heavy atom. The minimum Gasteiger partial charge on any atom is -0.394 e.